The van der Waals surface area contributed by atoms with Crippen molar-refractivity contribution in [1.29, 1.82) is 0 Å². The predicted molar refractivity (Wildman–Crippen MR) is 142 cm³/mol. The van der Waals surface area contributed by atoms with Crippen molar-refractivity contribution in [2.45, 2.75) is 72.0 Å². The lowest BCUT2D eigenvalue weighted by Gasteiger charge is -2.61. The van der Waals surface area contributed by atoms with Crippen LogP contribution in [-0.4, -0.2) is 47.6 Å². The van der Waals surface area contributed by atoms with Gasteiger partial charge < -0.3 is 15.2 Å². The molecule has 4 rings (SSSR count). The highest BCUT2D eigenvalue weighted by molar-refractivity contribution is 6.04. The van der Waals surface area contributed by atoms with E-state index in [4.69, 9.17) is 4.74 Å². The van der Waals surface area contributed by atoms with Gasteiger partial charge in [-0.15, -0.1) is 6.58 Å². The van der Waals surface area contributed by atoms with E-state index in [2.05, 4.69) is 18.8 Å². The van der Waals surface area contributed by atoms with Gasteiger partial charge in [0, 0.05) is 23.2 Å². The summed E-state index contributed by atoms with van der Waals surface area (Å²) in [6.45, 7) is 11.5. The summed E-state index contributed by atoms with van der Waals surface area (Å²) in [4.78, 5) is 51.0. The maximum absolute atomic E-state index is 13.8. The number of nitrogens with one attached hydrogen (secondary N) is 2. The molecular weight excluding hydrogens is 503 g/mol. The summed E-state index contributed by atoms with van der Waals surface area (Å²) < 4.78 is 19.9. The summed E-state index contributed by atoms with van der Waals surface area (Å²) >= 11 is 0. The van der Waals surface area contributed by atoms with Crippen molar-refractivity contribution < 1.29 is 33.4 Å². The molecule has 3 N–H and O–H groups in total. The molecule has 8 atom stereocenters. The predicted octanol–water partition coefficient (Wildman–Crippen LogP) is 4.17. The summed E-state index contributed by atoms with van der Waals surface area (Å²) in [7, 11) is 0. The lowest BCUT2D eigenvalue weighted by atomic mass is 9.44. The molecule has 3 amide bonds. The van der Waals surface area contributed by atoms with E-state index in [9.17, 15) is 28.7 Å². The fraction of sp³-hybridized carbons (Fsp3) is 0.600. The number of aliphatic hydroxyl groups excluding tert-OH is 1. The molecule has 0 aromatic heterocycles. The first-order valence-electron chi connectivity index (χ1n) is 13.7. The molecule has 212 valence electrons. The highest BCUT2D eigenvalue weighted by Gasteiger charge is 2.68. The number of amides is 3. The zero-order valence-electron chi connectivity index (χ0n) is 23.1. The van der Waals surface area contributed by atoms with Crippen LogP contribution >= 0.6 is 0 Å². The zero-order valence-corrected chi connectivity index (χ0v) is 23.1. The first-order chi connectivity index (χ1) is 18.3. The number of ether oxygens (including phenoxy) is 1. The third kappa shape index (κ3) is 4.79. The molecule has 39 heavy (non-hydrogen) atoms. The molecular formula is C30H39FN2O6. The summed E-state index contributed by atoms with van der Waals surface area (Å²) in [5.41, 5.74) is -2.14. The Morgan fingerprint density at radius 2 is 1.90 bits per heavy atom. The summed E-state index contributed by atoms with van der Waals surface area (Å²) in [6, 6.07) is 4.26. The van der Waals surface area contributed by atoms with Gasteiger partial charge in [-0.25, -0.2) is 9.18 Å². The van der Waals surface area contributed by atoms with E-state index < -0.39 is 58.7 Å². The number of urea groups is 1. The number of carbonyl (C=O) groups is 4. The molecule has 3 aliphatic carbocycles. The second kappa shape index (κ2) is 10.5. The van der Waals surface area contributed by atoms with Crippen LogP contribution in [-0.2, 0) is 14.3 Å². The Morgan fingerprint density at radius 3 is 2.56 bits per heavy atom. The van der Waals surface area contributed by atoms with Crippen molar-refractivity contribution in [3.05, 3.63) is 48.3 Å². The van der Waals surface area contributed by atoms with Crippen molar-refractivity contribution in [1.82, 2.24) is 10.6 Å². The Morgan fingerprint density at radius 1 is 1.21 bits per heavy atom. The maximum Gasteiger partial charge on any atom is 0.325 e. The van der Waals surface area contributed by atoms with E-state index in [0.717, 1.165) is 18.9 Å². The highest BCUT2D eigenvalue weighted by Crippen LogP contribution is 2.67. The minimum atomic E-state index is -0.972. The number of halogens is 1. The Labute approximate surface area is 228 Å². The molecule has 1 aromatic carbocycles. The van der Waals surface area contributed by atoms with Crippen LogP contribution in [0.5, 0.6) is 0 Å². The number of hydrogen-bond donors (Lipinski definition) is 3. The number of esters is 1. The van der Waals surface area contributed by atoms with E-state index in [1.54, 1.807) is 6.08 Å². The average molecular weight is 543 g/mol. The van der Waals surface area contributed by atoms with Gasteiger partial charge in [-0.2, -0.15) is 0 Å². The molecule has 0 heterocycles. The monoisotopic (exact) mass is 542 g/mol. The Kier molecular flexibility index (Phi) is 7.78. The summed E-state index contributed by atoms with van der Waals surface area (Å²) in [5, 5.41) is 15.9. The normalized spacial score (nSPS) is 37.6. The fourth-order valence-electron chi connectivity index (χ4n) is 7.71. The van der Waals surface area contributed by atoms with E-state index in [1.165, 1.54) is 18.2 Å². The molecule has 0 unspecified atom stereocenters. The third-order valence-electron chi connectivity index (χ3n) is 10.3. The van der Waals surface area contributed by atoms with Crippen LogP contribution in [0.15, 0.2) is 36.9 Å². The average Bonchev–Trinajstić information content (AvgIpc) is 3.26. The standard InChI is InChI=1S/C30H39FN2O6/c1-6-28(4)15-22(39-23(35)16-32-27(38)33-26(37)19-9-7-8-10-20(19)31)29(5)17(2)11-13-30(18(3)25(28)36)14-12-21(34)24(29)30/h6-10,17-18,22,24-25,36H,1,11-16H2,2-5H3,(H2,32,33,37,38)/t17-,18+,22-,24+,25+,28-,29+,30+/m1/s1. The minimum Gasteiger partial charge on any atom is -0.460 e. The summed E-state index contributed by atoms with van der Waals surface area (Å²) in [6.07, 6.45) is 3.28. The fourth-order valence-corrected chi connectivity index (χ4v) is 7.71. The molecule has 1 aromatic rings. The molecule has 8 nitrogen and oxygen atoms in total. The molecule has 0 aliphatic heterocycles. The van der Waals surface area contributed by atoms with Crippen LogP contribution in [0.25, 0.3) is 0 Å². The Bertz CT molecular complexity index is 1190. The van der Waals surface area contributed by atoms with E-state index >= 15 is 0 Å². The number of imide groups is 1. The van der Waals surface area contributed by atoms with Gasteiger partial charge in [-0.05, 0) is 55.1 Å². The van der Waals surface area contributed by atoms with Gasteiger partial charge in [-0.1, -0.05) is 45.9 Å². The van der Waals surface area contributed by atoms with E-state index in [0.29, 0.717) is 12.8 Å². The minimum absolute atomic E-state index is 0.0710. The van der Waals surface area contributed by atoms with Crippen LogP contribution in [0.1, 0.15) is 70.2 Å². The number of carbonyl (C=O) groups excluding carboxylic acids is 4. The molecule has 3 aliphatic rings. The molecule has 2 bridgehead atoms. The lowest BCUT2D eigenvalue weighted by Crippen LogP contribution is -2.63. The van der Waals surface area contributed by atoms with E-state index in [1.807, 2.05) is 26.1 Å². The van der Waals surface area contributed by atoms with Gasteiger partial charge in [0.05, 0.1) is 11.7 Å². The zero-order chi connectivity index (χ0) is 28.8. The number of benzene rings is 1. The molecule has 0 radical (unpaired) electrons. The summed E-state index contributed by atoms with van der Waals surface area (Å²) in [5.74, 6) is -2.74. The van der Waals surface area contributed by atoms with Gasteiger partial charge >= 0.3 is 12.0 Å². The smallest absolute Gasteiger partial charge is 0.325 e. The van der Waals surface area contributed by atoms with Gasteiger partial charge in [0.15, 0.2) is 0 Å². The molecule has 3 saturated carbocycles. The third-order valence-corrected chi connectivity index (χ3v) is 10.3. The Balaban J connectivity index is 1.54. The topological polar surface area (TPSA) is 122 Å². The number of Topliss-reactive ketones (excluding diaryl/α,β-unsaturated/α-hetero) is 1. The van der Waals surface area contributed by atoms with Gasteiger partial charge in [-0.3, -0.25) is 19.7 Å². The molecule has 0 saturated heterocycles. The van der Waals surface area contributed by atoms with Crippen molar-refractivity contribution >= 4 is 23.7 Å². The van der Waals surface area contributed by atoms with Crippen LogP contribution < -0.4 is 10.6 Å². The van der Waals surface area contributed by atoms with Crippen LogP contribution in [0.4, 0.5) is 9.18 Å². The van der Waals surface area contributed by atoms with Gasteiger partial charge in [0.1, 0.15) is 24.2 Å². The van der Waals surface area contributed by atoms with Crippen molar-refractivity contribution in [2.75, 3.05) is 6.54 Å². The maximum atomic E-state index is 13.8. The first kappa shape index (κ1) is 28.9. The molecule has 3 fully saturated rings. The number of ketones is 1. The molecule has 9 heteroatoms. The second-order valence-electron chi connectivity index (χ2n) is 12.2. The quantitative estimate of drug-likeness (QED) is 0.379. The van der Waals surface area contributed by atoms with Gasteiger partial charge in [0.2, 0.25) is 0 Å². The number of hydrogen-bond acceptors (Lipinski definition) is 6. The van der Waals surface area contributed by atoms with Crippen LogP contribution in [0.3, 0.4) is 0 Å². The number of aliphatic hydroxyl groups is 1. The largest absolute Gasteiger partial charge is 0.460 e. The van der Waals surface area contributed by atoms with Crippen molar-refractivity contribution in [3.63, 3.8) is 0 Å². The van der Waals surface area contributed by atoms with Crippen molar-refractivity contribution in [2.24, 2.45) is 34.0 Å². The highest BCUT2D eigenvalue weighted by atomic mass is 19.1. The number of rotatable bonds is 5. The van der Waals surface area contributed by atoms with Crippen LogP contribution in [0.2, 0.25) is 0 Å². The SMILES string of the molecule is C=C[C@]1(C)C[C@@H](OC(=O)CNC(=O)NC(=O)c2ccccc2F)[C@]2(C)[C@H](C)CC[C@]3(CCC(=O)[C@H]32)[C@@H](C)[C@@H]1O. The lowest BCUT2D eigenvalue weighted by molar-refractivity contribution is -0.206. The van der Waals surface area contributed by atoms with E-state index in [-0.39, 0.29) is 35.5 Å². The Hall–Kier alpha value is -3.07. The second-order valence-corrected chi connectivity index (χ2v) is 12.2. The van der Waals surface area contributed by atoms with Crippen LogP contribution in [0, 0.1) is 39.8 Å². The first-order valence-corrected chi connectivity index (χ1v) is 13.7. The van der Waals surface area contributed by atoms with Crippen molar-refractivity contribution in [3.8, 4) is 0 Å². The van der Waals surface area contributed by atoms with Gasteiger partial charge in [0.25, 0.3) is 5.91 Å². The molecule has 0 spiro atoms.